The Morgan fingerprint density at radius 1 is 1.43 bits per heavy atom. The molecular weight excluding hydrogens is 198 g/mol. The lowest BCUT2D eigenvalue weighted by Gasteiger charge is -2.10. The fourth-order valence-corrected chi connectivity index (χ4v) is 1.27. The fraction of sp³-hybridized carbons (Fsp3) is 0.900. The third-order valence-corrected chi connectivity index (χ3v) is 2.81. The molecule has 14 heavy (non-hydrogen) atoms. The van der Waals surface area contributed by atoms with Crippen LogP contribution in [0, 0.1) is 0 Å². The van der Waals surface area contributed by atoms with Crippen LogP contribution in [0.1, 0.15) is 27.2 Å². The number of hydrogen-bond acceptors (Lipinski definition) is 4. The molecule has 0 saturated heterocycles. The Kier molecular flexibility index (Phi) is 7.99. The molecule has 0 amide bonds. The molecule has 0 aromatic carbocycles. The summed E-state index contributed by atoms with van der Waals surface area (Å²) in [7, 11) is 0. The van der Waals surface area contributed by atoms with Gasteiger partial charge in [-0.05, 0) is 33.1 Å². The average molecular weight is 219 g/mol. The molecule has 0 bridgehead atoms. The first-order valence-corrected chi connectivity index (χ1v) is 6.28. The van der Waals surface area contributed by atoms with Gasteiger partial charge in [0.25, 0.3) is 0 Å². The molecule has 0 aliphatic heterocycles. The van der Waals surface area contributed by atoms with Gasteiger partial charge in [0.1, 0.15) is 0 Å². The Hall–Kier alpha value is -0.220. The monoisotopic (exact) mass is 219 g/mol. The second-order valence-electron chi connectivity index (χ2n) is 3.55. The summed E-state index contributed by atoms with van der Waals surface area (Å²) in [6.07, 6.45) is 3.16. The number of esters is 1. The third-order valence-electron chi connectivity index (χ3n) is 1.77. The average Bonchev–Trinajstić information content (AvgIpc) is 2.10. The zero-order chi connectivity index (χ0) is 11.0. The highest BCUT2D eigenvalue weighted by Crippen LogP contribution is 2.07. The maximum absolute atomic E-state index is 11.1. The van der Waals surface area contributed by atoms with E-state index >= 15 is 0 Å². The van der Waals surface area contributed by atoms with Crippen LogP contribution < -0.4 is 5.32 Å². The van der Waals surface area contributed by atoms with E-state index in [1.807, 2.05) is 25.6 Å². The van der Waals surface area contributed by atoms with Gasteiger partial charge in [0.05, 0.1) is 12.6 Å². The van der Waals surface area contributed by atoms with Crippen molar-refractivity contribution in [1.82, 2.24) is 5.32 Å². The molecule has 0 aromatic heterocycles. The van der Waals surface area contributed by atoms with Gasteiger partial charge < -0.3 is 10.1 Å². The Labute approximate surface area is 91.0 Å². The molecule has 3 nitrogen and oxygen atoms in total. The number of rotatable bonds is 7. The van der Waals surface area contributed by atoms with Crippen LogP contribution in [-0.2, 0) is 9.53 Å². The third kappa shape index (κ3) is 8.38. The second-order valence-corrected chi connectivity index (χ2v) is 4.83. The van der Waals surface area contributed by atoms with Crippen molar-refractivity contribution in [1.29, 1.82) is 0 Å². The number of ether oxygens (including phenoxy) is 1. The van der Waals surface area contributed by atoms with Crippen LogP contribution in [0.5, 0.6) is 0 Å². The van der Waals surface area contributed by atoms with Gasteiger partial charge in [0.2, 0.25) is 0 Å². The van der Waals surface area contributed by atoms with Crippen LogP contribution in [0.3, 0.4) is 0 Å². The molecule has 0 aliphatic rings. The minimum absolute atomic E-state index is 0.0191. The van der Waals surface area contributed by atoms with E-state index in [4.69, 9.17) is 4.74 Å². The Morgan fingerprint density at radius 3 is 2.57 bits per heavy atom. The maximum atomic E-state index is 11.1. The lowest BCUT2D eigenvalue weighted by atomic mass is 10.3. The lowest BCUT2D eigenvalue weighted by molar-refractivity contribution is -0.146. The minimum Gasteiger partial charge on any atom is -0.462 e. The van der Waals surface area contributed by atoms with Crippen molar-refractivity contribution in [2.24, 2.45) is 0 Å². The number of hydrogen-bond donors (Lipinski definition) is 1. The smallest absolute Gasteiger partial charge is 0.320 e. The zero-order valence-electron chi connectivity index (χ0n) is 9.50. The van der Waals surface area contributed by atoms with Crippen molar-refractivity contribution in [3.05, 3.63) is 0 Å². The molecule has 84 valence electrons. The summed E-state index contributed by atoms with van der Waals surface area (Å²) >= 11 is 1.84. The van der Waals surface area contributed by atoms with Crippen LogP contribution in [-0.4, -0.2) is 36.7 Å². The first-order valence-electron chi connectivity index (χ1n) is 4.99. The number of carbonyl (C=O) groups is 1. The van der Waals surface area contributed by atoms with Crippen molar-refractivity contribution in [2.75, 3.05) is 19.3 Å². The van der Waals surface area contributed by atoms with Crippen molar-refractivity contribution >= 4 is 17.7 Å². The minimum atomic E-state index is -0.170. The van der Waals surface area contributed by atoms with Crippen LogP contribution in [0.25, 0.3) is 0 Å². The molecule has 0 fully saturated rings. The van der Waals surface area contributed by atoms with Crippen LogP contribution in [0.15, 0.2) is 0 Å². The van der Waals surface area contributed by atoms with Gasteiger partial charge in [-0.25, -0.2) is 0 Å². The molecule has 0 saturated carbocycles. The molecule has 0 radical (unpaired) electrons. The van der Waals surface area contributed by atoms with Crippen LogP contribution >= 0.6 is 11.8 Å². The highest BCUT2D eigenvalue weighted by atomic mass is 32.2. The largest absolute Gasteiger partial charge is 0.462 e. The van der Waals surface area contributed by atoms with Gasteiger partial charge in [-0.15, -0.1) is 0 Å². The second kappa shape index (κ2) is 8.12. The number of carbonyl (C=O) groups excluding carboxylic acids is 1. The van der Waals surface area contributed by atoms with Gasteiger partial charge in [0, 0.05) is 5.25 Å². The summed E-state index contributed by atoms with van der Waals surface area (Å²) < 4.78 is 4.98. The van der Waals surface area contributed by atoms with E-state index in [0.717, 1.165) is 13.0 Å². The standard InChI is InChI=1S/C10H21NO2S/c1-8(2)13-10(12)7-11-6-5-9(3)14-4/h8-9,11H,5-7H2,1-4H3. The molecule has 0 aromatic rings. The van der Waals surface area contributed by atoms with Crippen molar-refractivity contribution in [3.8, 4) is 0 Å². The highest BCUT2D eigenvalue weighted by molar-refractivity contribution is 7.99. The van der Waals surface area contributed by atoms with Crippen LogP contribution in [0.2, 0.25) is 0 Å². The van der Waals surface area contributed by atoms with E-state index in [2.05, 4.69) is 18.5 Å². The van der Waals surface area contributed by atoms with E-state index in [-0.39, 0.29) is 12.1 Å². The first-order chi connectivity index (χ1) is 6.56. The van der Waals surface area contributed by atoms with Crippen molar-refractivity contribution in [2.45, 2.75) is 38.5 Å². The number of nitrogens with one attached hydrogen (secondary N) is 1. The van der Waals surface area contributed by atoms with E-state index in [1.54, 1.807) is 0 Å². The summed E-state index contributed by atoms with van der Waals surface area (Å²) in [5.41, 5.74) is 0. The van der Waals surface area contributed by atoms with Crippen LogP contribution in [0.4, 0.5) is 0 Å². The topological polar surface area (TPSA) is 38.3 Å². The van der Waals surface area contributed by atoms with Gasteiger partial charge in [-0.2, -0.15) is 11.8 Å². The summed E-state index contributed by atoms with van der Waals surface area (Å²) in [5, 5.41) is 3.71. The molecular formula is C10H21NO2S. The lowest BCUT2D eigenvalue weighted by Crippen LogP contribution is -2.28. The van der Waals surface area contributed by atoms with E-state index < -0.39 is 0 Å². The zero-order valence-corrected chi connectivity index (χ0v) is 10.3. The quantitative estimate of drug-likeness (QED) is 0.522. The van der Waals surface area contributed by atoms with Gasteiger partial charge in [0.15, 0.2) is 0 Å². The summed E-state index contributed by atoms with van der Waals surface area (Å²) in [4.78, 5) is 11.1. The van der Waals surface area contributed by atoms with E-state index in [9.17, 15) is 4.79 Å². The molecule has 0 heterocycles. The normalized spacial score (nSPS) is 12.9. The molecule has 1 unspecified atom stereocenters. The molecule has 0 rings (SSSR count). The molecule has 0 aliphatic carbocycles. The van der Waals surface area contributed by atoms with Gasteiger partial charge in [-0.3, -0.25) is 4.79 Å². The van der Waals surface area contributed by atoms with Crippen molar-refractivity contribution in [3.63, 3.8) is 0 Å². The van der Waals surface area contributed by atoms with E-state index in [1.165, 1.54) is 0 Å². The molecule has 1 atom stereocenters. The molecule has 0 spiro atoms. The summed E-state index contributed by atoms with van der Waals surface area (Å²) in [6, 6.07) is 0. The summed E-state index contributed by atoms with van der Waals surface area (Å²) in [6.45, 7) is 7.08. The maximum Gasteiger partial charge on any atom is 0.320 e. The molecule has 1 N–H and O–H groups in total. The fourth-order valence-electron chi connectivity index (χ4n) is 0.918. The Balaban J connectivity index is 3.31. The highest BCUT2D eigenvalue weighted by Gasteiger charge is 2.04. The van der Waals surface area contributed by atoms with Gasteiger partial charge >= 0.3 is 5.97 Å². The predicted molar refractivity (Wildman–Crippen MR) is 61.7 cm³/mol. The number of thioether (sulfide) groups is 1. The van der Waals surface area contributed by atoms with E-state index in [0.29, 0.717) is 11.8 Å². The Bertz CT molecular complexity index is 162. The van der Waals surface area contributed by atoms with Gasteiger partial charge in [-0.1, -0.05) is 6.92 Å². The Morgan fingerprint density at radius 2 is 2.07 bits per heavy atom. The predicted octanol–water partition coefficient (Wildman–Crippen LogP) is 1.67. The first kappa shape index (κ1) is 13.8. The molecule has 4 heteroatoms. The summed E-state index contributed by atoms with van der Waals surface area (Å²) in [5.74, 6) is -0.170. The van der Waals surface area contributed by atoms with Crippen molar-refractivity contribution < 1.29 is 9.53 Å². The SMILES string of the molecule is CSC(C)CCNCC(=O)OC(C)C.